The molecule has 3 rings (SSSR count). The van der Waals surface area contributed by atoms with Crippen LogP contribution in [0.15, 0.2) is 33.5 Å². The molecule has 0 amide bonds. The zero-order valence-corrected chi connectivity index (χ0v) is 9.93. The first kappa shape index (κ1) is 11.0. The number of carbonyl (C=O) groups is 2. The van der Waals surface area contributed by atoms with Crippen LogP contribution in [0.3, 0.4) is 0 Å². The van der Waals surface area contributed by atoms with Gasteiger partial charge in [0.25, 0.3) is 0 Å². The lowest BCUT2D eigenvalue weighted by Gasteiger charge is -2.18. The monoisotopic (exact) mass is 244 g/mol. The van der Waals surface area contributed by atoms with Gasteiger partial charge in [0.1, 0.15) is 11.5 Å². The van der Waals surface area contributed by atoms with E-state index in [1.807, 2.05) is 0 Å². The zero-order chi connectivity index (χ0) is 12.7. The van der Waals surface area contributed by atoms with Crippen molar-refractivity contribution in [2.75, 3.05) is 0 Å². The molecule has 1 aliphatic carbocycles. The Kier molecular flexibility index (Phi) is 2.44. The summed E-state index contributed by atoms with van der Waals surface area (Å²) in [6.45, 7) is 1.73. The minimum Gasteiger partial charge on any atom is -0.469 e. The molecule has 2 aromatic heterocycles. The van der Waals surface area contributed by atoms with Gasteiger partial charge in [0.2, 0.25) is 0 Å². The third kappa shape index (κ3) is 1.53. The number of fused-ring (bicyclic) bond motifs is 1. The van der Waals surface area contributed by atoms with E-state index in [1.165, 1.54) is 12.5 Å². The standard InChI is InChI=1S/C14H12O4/c1-8-9(4-6-17-8)13(15)11-2-3-12-10(14(11)16)5-7-18-12/h4-7,11H,2-3H2,1H3. The van der Waals surface area contributed by atoms with Gasteiger partial charge >= 0.3 is 0 Å². The number of aryl methyl sites for hydroxylation is 2. The highest BCUT2D eigenvalue weighted by molar-refractivity contribution is 6.17. The SMILES string of the molecule is Cc1occc1C(=O)C1CCc2occc2C1=O. The molecule has 0 aliphatic heterocycles. The normalized spacial score (nSPS) is 18.7. The van der Waals surface area contributed by atoms with Gasteiger partial charge in [-0.25, -0.2) is 0 Å². The second-order valence-corrected chi connectivity index (χ2v) is 4.47. The Labute approximate surface area is 104 Å². The fourth-order valence-electron chi connectivity index (χ4n) is 2.43. The lowest BCUT2D eigenvalue weighted by Crippen LogP contribution is -2.29. The molecule has 0 bridgehead atoms. The average molecular weight is 244 g/mol. The third-order valence-electron chi connectivity index (χ3n) is 3.43. The molecule has 92 valence electrons. The van der Waals surface area contributed by atoms with Crippen LogP contribution < -0.4 is 0 Å². The first-order chi connectivity index (χ1) is 8.68. The molecular formula is C14H12O4. The molecule has 2 aromatic rings. The molecule has 0 saturated carbocycles. The van der Waals surface area contributed by atoms with Crippen LogP contribution in [-0.2, 0) is 6.42 Å². The van der Waals surface area contributed by atoms with Crippen molar-refractivity contribution < 1.29 is 18.4 Å². The Bertz CT molecular complexity index is 617. The Morgan fingerprint density at radius 1 is 1.28 bits per heavy atom. The molecule has 0 aromatic carbocycles. The summed E-state index contributed by atoms with van der Waals surface area (Å²) in [4.78, 5) is 24.5. The van der Waals surface area contributed by atoms with E-state index in [-0.39, 0.29) is 11.6 Å². The highest BCUT2D eigenvalue weighted by Crippen LogP contribution is 2.29. The van der Waals surface area contributed by atoms with E-state index in [9.17, 15) is 9.59 Å². The molecule has 0 fully saturated rings. The van der Waals surface area contributed by atoms with Gasteiger partial charge in [-0.05, 0) is 25.5 Å². The van der Waals surface area contributed by atoms with E-state index < -0.39 is 5.92 Å². The topological polar surface area (TPSA) is 60.4 Å². The van der Waals surface area contributed by atoms with Gasteiger partial charge in [0.15, 0.2) is 11.6 Å². The molecule has 18 heavy (non-hydrogen) atoms. The van der Waals surface area contributed by atoms with E-state index >= 15 is 0 Å². The first-order valence-corrected chi connectivity index (χ1v) is 5.87. The predicted octanol–water partition coefficient (Wildman–Crippen LogP) is 2.81. The molecule has 0 N–H and O–H groups in total. The van der Waals surface area contributed by atoms with Crippen LogP contribution in [-0.4, -0.2) is 11.6 Å². The van der Waals surface area contributed by atoms with E-state index in [0.29, 0.717) is 35.5 Å². The van der Waals surface area contributed by atoms with Crippen molar-refractivity contribution in [3.05, 3.63) is 47.3 Å². The fourth-order valence-corrected chi connectivity index (χ4v) is 2.43. The maximum Gasteiger partial charge on any atom is 0.177 e. The fraction of sp³-hybridized carbons (Fsp3) is 0.286. The summed E-state index contributed by atoms with van der Waals surface area (Å²) in [5.41, 5.74) is 1.04. The Hall–Kier alpha value is -2.10. The van der Waals surface area contributed by atoms with Crippen LogP contribution in [0.2, 0.25) is 0 Å². The summed E-state index contributed by atoms with van der Waals surface area (Å²) < 4.78 is 10.3. The van der Waals surface area contributed by atoms with Gasteiger partial charge in [-0.2, -0.15) is 0 Å². The minimum absolute atomic E-state index is 0.143. The molecule has 4 nitrogen and oxygen atoms in total. The molecular weight excluding hydrogens is 232 g/mol. The molecule has 0 radical (unpaired) electrons. The van der Waals surface area contributed by atoms with Crippen molar-refractivity contribution in [1.29, 1.82) is 0 Å². The summed E-state index contributed by atoms with van der Waals surface area (Å²) in [7, 11) is 0. The van der Waals surface area contributed by atoms with Gasteiger partial charge in [-0.3, -0.25) is 9.59 Å². The van der Waals surface area contributed by atoms with Gasteiger partial charge in [-0.1, -0.05) is 0 Å². The van der Waals surface area contributed by atoms with Gasteiger partial charge in [0.05, 0.1) is 29.6 Å². The predicted molar refractivity (Wildman–Crippen MR) is 62.6 cm³/mol. The van der Waals surface area contributed by atoms with Crippen molar-refractivity contribution in [3.63, 3.8) is 0 Å². The molecule has 0 spiro atoms. The number of hydrogen-bond donors (Lipinski definition) is 0. The lowest BCUT2D eigenvalue weighted by molar-refractivity contribution is 0.0786. The van der Waals surface area contributed by atoms with E-state index in [1.54, 1.807) is 19.1 Å². The number of hydrogen-bond acceptors (Lipinski definition) is 4. The Morgan fingerprint density at radius 2 is 2.06 bits per heavy atom. The van der Waals surface area contributed by atoms with Gasteiger partial charge in [0, 0.05) is 6.42 Å². The minimum atomic E-state index is -0.605. The largest absolute Gasteiger partial charge is 0.469 e. The second-order valence-electron chi connectivity index (χ2n) is 4.47. The highest BCUT2D eigenvalue weighted by Gasteiger charge is 2.35. The van der Waals surface area contributed by atoms with E-state index in [4.69, 9.17) is 8.83 Å². The Morgan fingerprint density at radius 3 is 2.78 bits per heavy atom. The van der Waals surface area contributed by atoms with Crippen LogP contribution in [0.4, 0.5) is 0 Å². The van der Waals surface area contributed by atoms with Crippen LogP contribution in [0, 0.1) is 12.8 Å². The average Bonchev–Trinajstić information content (AvgIpc) is 2.97. The smallest absolute Gasteiger partial charge is 0.177 e. The van der Waals surface area contributed by atoms with Gasteiger partial charge < -0.3 is 8.83 Å². The number of ketones is 2. The van der Waals surface area contributed by atoms with Crippen molar-refractivity contribution >= 4 is 11.6 Å². The molecule has 1 unspecified atom stereocenters. The van der Waals surface area contributed by atoms with Crippen LogP contribution in [0.1, 0.15) is 38.7 Å². The van der Waals surface area contributed by atoms with Crippen molar-refractivity contribution in [1.82, 2.24) is 0 Å². The first-order valence-electron chi connectivity index (χ1n) is 5.87. The second kappa shape index (κ2) is 3.98. The summed E-state index contributed by atoms with van der Waals surface area (Å²) in [6.07, 6.45) is 4.10. The molecule has 0 saturated heterocycles. The number of rotatable bonds is 2. The van der Waals surface area contributed by atoms with Gasteiger partial charge in [-0.15, -0.1) is 0 Å². The Balaban J connectivity index is 1.94. The highest BCUT2D eigenvalue weighted by atomic mass is 16.3. The molecule has 2 heterocycles. The van der Waals surface area contributed by atoms with E-state index in [2.05, 4.69) is 0 Å². The quantitative estimate of drug-likeness (QED) is 0.602. The summed E-state index contributed by atoms with van der Waals surface area (Å²) in [5.74, 6) is 0.346. The number of Topliss-reactive ketones (excluding diaryl/α,β-unsaturated/α-hetero) is 2. The molecule has 4 heteroatoms. The van der Waals surface area contributed by atoms with Crippen molar-refractivity contribution in [2.45, 2.75) is 19.8 Å². The zero-order valence-electron chi connectivity index (χ0n) is 9.93. The number of carbonyl (C=O) groups excluding carboxylic acids is 2. The van der Waals surface area contributed by atoms with Crippen LogP contribution in [0.5, 0.6) is 0 Å². The number of furan rings is 2. The van der Waals surface area contributed by atoms with Crippen LogP contribution in [0.25, 0.3) is 0 Å². The maximum absolute atomic E-state index is 12.3. The maximum atomic E-state index is 12.3. The van der Waals surface area contributed by atoms with Crippen molar-refractivity contribution in [2.24, 2.45) is 5.92 Å². The summed E-state index contributed by atoms with van der Waals surface area (Å²) >= 11 is 0. The third-order valence-corrected chi connectivity index (χ3v) is 3.43. The van der Waals surface area contributed by atoms with Crippen molar-refractivity contribution in [3.8, 4) is 0 Å². The van der Waals surface area contributed by atoms with Crippen LogP contribution >= 0.6 is 0 Å². The van der Waals surface area contributed by atoms with E-state index in [0.717, 1.165) is 0 Å². The summed E-state index contributed by atoms with van der Waals surface area (Å²) in [6, 6.07) is 3.26. The molecule has 1 atom stereocenters. The lowest BCUT2D eigenvalue weighted by atomic mass is 9.82. The molecule has 1 aliphatic rings. The summed E-state index contributed by atoms with van der Waals surface area (Å²) in [5, 5.41) is 0.